The fraction of sp³-hybridized carbons (Fsp3) is 0.130. The zero-order valence-corrected chi connectivity index (χ0v) is 17.1. The lowest BCUT2D eigenvalue weighted by Crippen LogP contribution is -2.15. The van der Waals surface area contributed by atoms with Crippen LogP contribution in [0, 0.1) is 6.92 Å². The molecule has 0 aliphatic rings. The summed E-state index contributed by atoms with van der Waals surface area (Å²) in [5.74, 6) is 0.661. The van der Waals surface area contributed by atoms with Gasteiger partial charge in [0.1, 0.15) is 10.8 Å². The van der Waals surface area contributed by atoms with Crippen molar-refractivity contribution >= 4 is 34.2 Å². The Morgan fingerprint density at radius 2 is 1.70 bits per heavy atom. The van der Waals surface area contributed by atoms with E-state index in [1.807, 2.05) is 78.2 Å². The molecule has 2 aromatic heterocycles. The number of hydrogen-bond donors (Lipinski definition) is 3. The Morgan fingerprint density at radius 1 is 1.03 bits per heavy atom. The van der Waals surface area contributed by atoms with Gasteiger partial charge in [0, 0.05) is 23.1 Å². The Morgan fingerprint density at radius 3 is 2.37 bits per heavy atom. The van der Waals surface area contributed by atoms with Gasteiger partial charge in [-0.2, -0.15) is 0 Å². The maximum Gasteiger partial charge on any atom is 0.194 e. The largest absolute Gasteiger partial charge is 0.367 e. The van der Waals surface area contributed by atoms with Gasteiger partial charge in [0.05, 0.1) is 16.7 Å². The van der Waals surface area contributed by atoms with Crippen molar-refractivity contribution in [1.29, 1.82) is 0 Å². The molecule has 0 unspecified atom stereocenters. The van der Waals surface area contributed by atoms with E-state index in [0.29, 0.717) is 21.7 Å². The SMILES string of the molecule is Cc1cc2c(c(SCC(O)O)n1)c(=O)cc(Nc1ccccc1)n2-c1ccccc1. The number of pyridine rings is 2. The van der Waals surface area contributed by atoms with Crippen molar-refractivity contribution in [1.82, 2.24) is 9.55 Å². The molecule has 4 aromatic rings. The molecule has 0 radical (unpaired) electrons. The molecule has 6 nitrogen and oxygen atoms in total. The van der Waals surface area contributed by atoms with Crippen molar-refractivity contribution < 1.29 is 10.2 Å². The number of anilines is 2. The van der Waals surface area contributed by atoms with Crippen LogP contribution in [0.2, 0.25) is 0 Å². The van der Waals surface area contributed by atoms with Gasteiger partial charge in [-0.1, -0.05) is 36.4 Å². The van der Waals surface area contributed by atoms with Gasteiger partial charge in [-0.25, -0.2) is 4.98 Å². The number of aliphatic hydroxyl groups excluding tert-OH is 1. The van der Waals surface area contributed by atoms with Gasteiger partial charge in [-0.15, -0.1) is 11.8 Å². The number of aryl methyl sites for hydroxylation is 1. The van der Waals surface area contributed by atoms with Crippen molar-refractivity contribution in [3.8, 4) is 5.69 Å². The van der Waals surface area contributed by atoms with Gasteiger partial charge in [-0.05, 0) is 37.3 Å². The molecule has 3 N–H and O–H groups in total. The number of rotatable bonds is 6. The lowest BCUT2D eigenvalue weighted by molar-refractivity contribution is -0.0186. The van der Waals surface area contributed by atoms with Crippen LogP contribution in [-0.2, 0) is 0 Å². The van der Waals surface area contributed by atoms with Crippen LogP contribution in [0.25, 0.3) is 16.6 Å². The van der Waals surface area contributed by atoms with E-state index in [-0.39, 0.29) is 11.2 Å². The number of para-hydroxylation sites is 2. The number of benzene rings is 2. The lowest BCUT2D eigenvalue weighted by atomic mass is 10.2. The fourth-order valence-corrected chi connectivity index (χ4v) is 4.17. The predicted octanol–water partition coefficient (Wildman–Crippen LogP) is 3.84. The lowest BCUT2D eigenvalue weighted by Gasteiger charge is -2.19. The molecule has 0 saturated carbocycles. The Balaban J connectivity index is 1.99. The van der Waals surface area contributed by atoms with E-state index < -0.39 is 6.29 Å². The molecule has 152 valence electrons. The van der Waals surface area contributed by atoms with Crippen LogP contribution in [0.3, 0.4) is 0 Å². The maximum atomic E-state index is 13.1. The molecule has 0 aliphatic carbocycles. The molecular formula is C23H21N3O3S. The van der Waals surface area contributed by atoms with Gasteiger partial charge in [0.2, 0.25) is 0 Å². The first kappa shape index (κ1) is 20.2. The van der Waals surface area contributed by atoms with E-state index in [1.54, 1.807) is 6.07 Å². The molecule has 0 atom stereocenters. The Labute approximate surface area is 177 Å². The topological polar surface area (TPSA) is 87.4 Å². The first-order valence-electron chi connectivity index (χ1n) is 9.47. The average molecular weight is 420 g/mol. The number of fused-ring (bicyclic) bond motifs is 1. The number of thioether (sulfide) groups is 1. The molecule has 0 saturated heterocycles. The molecular weight excluding hydrogens is 398 g/mol. The number of aromatic nitrogens is 2. The second kappa shape index (κ2) is 8.71. The van der Waals surface area contributed by atoms with Crippen molar-refractivity contribution in [2.24, 2.45) is 0 Å². The smallest absolute Gasteiger partial charge is 0.194 e. The molecule has 0 amide bonds. The Hall–Kier alpha value is -3.13. The molecule has 0 fully saturated rings. The Kier molecular flexibility index (Phi) is 5.85. The zero-order valence-electron chi connectivity index (χ0n) is 16.3. The minimum atomic E-state index is -1.48. The summed E-state index contributed by atoms with van der Waals surface area (Å²) in [7, 11) is 0. The summed E-state index contributed by atoms with van der Waals surface area (Å²) in [6.45, 7) is 1.86. The molecule has 7 heteroatoms. The van der Waals surface area contributed by atoms with E-state index in [1.165, 1.54) is 0 Å². The van der Waals surface area contributed by atoms with Crippen LogP contribution < -0.4 is 10.7 Å². The molecule has 0 bridgehead atoms. The number of nitrogens with one attached hydrogen (secondary N) is 1. The van der Waals surface area contributed by atoms with Gasteiger partial charge in [-0.3, -0.25) is 9.36 Å². The summed E-state index contributed by atoms with van der Waals surface area (Å²) >= 11 is 1.16. The highest BCUT2D eigenvalue weighted by Crippen LogP contribution is 2.30. The minimum Gasteiger partial charge on any atom is -0.367 e. The molecule has 2 heterocycles. The maximum absolute atomic E-state index is 13.1. The second-order valence-corrected chi connectivity index (χ2v) is 7.82. The summed E-state index contributed by atoms with van der Waals surface area (Å²) in [5, 5.41) is 22.8. The minimum absolute atomic E-state index is 0.0281. The molecule has 2 aromatic carbocycles. The van der Waals surface area contributed by atoms with E-state index in [2.05, 4.69) is 10.3 Å². The highest BCUT2D eigenvalue weighted by molar-refractivity contribution is 7.99. The third kappa shape index (κ3) is 4.23. The number of hydrogen-bond acceptors (Lipinski definition) is 6. The van der Waals surface area contributed by atoms with Gasteiger partial charge >= 0.3 is 0 Å². The molecule has 30 heavy (non-hydrogen) atoms. The van der Waals surface area contributed by atoms with Gasteiger partial charge < -0.3 is 15.5 Å². The van der Waals surface area contributed by atoms with Crippen molar-refractivity contribution in [2.45, 2.75) is 18.2 Å². The standard InChI is InChI=1S/C23H21N3O3S/c1-15-12-18-22(23(24-15)30-14-21(28)29)19(27)13-20(25-16-8-4-2-5-9-16)26(18)17-10-6-3-7-11-17/h2-13,21,25,28-29H,14H2,1H3. The van der Waals surface area contributed by atoms with Gasteiger partial charge in [0.15, 0.2) is 11.7 Å². The van der Waals surface area contributed by atoms with E-state index in [4.69, 9.17) is 0 Å². The van der Waals surface area contributed by atoms with Gasteiger partial charge in [0.25, 0.3) is 0 Å². The highest BCUT2D eigenvalue weighted by atomic mass is 32.2. The second-order valence-electron chi connectivity index (χ2n) is 6.81. The normalized spacial score (nSPS) is 11.2. The van der Waals surface area contributed by atoms with Crippen LogP contribution in [0.4, 0.5) is 11.5 Å². The summed E-state index contributed by atoms with van der Waals surface area (Å²) in [6, 6.07) is 22.9. The van der Waals surface area contributed by atoms with Crippen molar-refractivity contribution in [2.75, 3.05) is 11.1 Å². The van der Waals surface area contributed by atoms with Crippen LogP contribution in [0.5, 0.6) is 0 Å². The summed E-state index contributed by atoms with van der Waals surface area (Å²) in [6.07, 6.45) is -1.48. The Bertz CT molecular complexity index is 1230. The van der Waals surface area contributed by atoms with Crippen LogP contribution in [0.1, 0.15) is 5.69 Å². The number of aliphatic hydroxyl groups is 2. The van der Waals surface area contributed by atoms with Crippen LogP contribution >= 0.6 is 11.8 Å². The van der Waals surface area contributed by atoms with Crippen LogP contribution in [-0.4, -0.2) is 31.8 Å². The quantitative estimate of drug-likeness (QED) is 0.325. The van der Waals surface area contributed by atoms with E-state index in [0.717, 1.165) is 28.8 Å². The zero-order chi connectivity index (χ0) is 21.1. The van der Waals surface area contributed by atoms with Crippen molar-refractivity contribution in [3.63, 3.8) is 0 Å². The summed E-state index contributed by atoms with van der Waals surface area (Å²) < 4.78 is 1.98. The third-order valence-electron chi connectivity index (χ3n) is 4.52. The first-order chi connectivity index (χ1) is 14.5. The summed E-state index contributed by atoms with van der Waals surface area (Å²) in [5.41, 5.74) is 3.01. The predicted molar refractivity (Wildman–Crippen MR) is 121 cm³/mol. The van der Waals surface area contributed by atoms with E-state index >= 15 is 0 Å². The number of nitrogens with zero attached hydrogens (tertiary/aromatic N) is 2. The molecule has 0 spiro atoms. The molecule has 0 aliphatic heterocycles. The molecule has 4 rings (SSSR count). The average Bonchev–Trinajstić information content (AvgIpc) is 2.73. The third-order valence-corrected chi connectivity index (χ3v) is 5.55. The fourth-order valence-electron chi connectivity index (χ4n) is 3.30. The highest BCUT2D eigenvalue weighted by Gasteiger charge is 2.17. The van der Waals surface area contributed by atoms with Crippen molar-refractivity contribution in [3.05, 3.63) is 88.7 Å². The summed E-state index contributed by atoms with van der Waals surface area (Å²) in [4.78, 5) is 17.6. The van der Waals surface area contributed by atoms with Crippen LogP contribution in [0.15, 0.2) is 82.6 Å². The van der Waals surface area contributed by atoms with E-state index in [9.17, 15) is 15.0 Å². The monoisotopic (exact) mass is 419 g/mol. The first-order valence-corrected chi connectivity index (χ1v) is 10.5.